The number of carbonyl (C=O) groups excluding carboxylic acids is 4. The minimum absolute atomic E-state index is 0.00655. The number of H-pyrrole nitrogens is 2. The van der Waals surface area contributed by atoms with Gasteiger partial charge in [-0.25, -0.2) is 0 Å². The average Bonchev–Trinajstić information content (AvgIpc) is 3.96. The van der Waals surface area contributed by atoms with Crippen LogP contribution < -0.4 is 15.5 Å². The summed E-state index contributed by atoms with van der Waals surface area (Å²) in [6, 6.07) is 35.5. The smallest absolute Gasteiger partial charge is 0.264 e. The molecule has 4 heterocycles. The molecule has 2 aliphatic heterocycles. The van der Waals surface area contributed by atoms with Crippen LogP contribution in [0.3, 0.4) is 0 Å². The zero-order valence-electron chi connectivity index (χ0n) is 34.8. The van der Waals surface area contributed by atoms with Crippen molar-refractivity contribution in [1.29, 1.82) is 0 Å². The van der Waals surface area contributed by atoms with Crippen molar-refractivity contribution in [3.63, 3.8) is 0 Å². The van der Waals surface area contributed by atoms with Gasteiger partial charge in [-0.05, 0) is 76.7 Å². The molecule has 0 aliphatic carbocycles. The fraction of sp³-hybridized carbons (Fsp3) is 0.216. The van der Waals surface area contributed by atoms with Crippen molar-refractivity contribution in [2.24, 2.45) is 5.92 Å². The van der Waals surface area contributed by atoms with Gasteiger partial charge in [-0.2, -0.15) is 0 Å². The van der Waals surface area contributed by atoms with Gasteiger partial charge in [0.05, 0.1) is 37.7 Å². The minimum atomic E-state index is -2.06. The topological polar surface area (TPSA) is 171 Å². The summed E-state index contributed by atoms with van der Waals surface area (Å²) < 4.78 is 0. The Labute approximate surface area is 364 Å². The number of anilines is 3. The van der Waals surface area contributed by atoms with Crippen LogP contribution in [0, 0.1) is 5.92 Å². The van der Waals surface area contributed by atoms with E-state index in [1.54, 1.807) is 54.3 Å². The van der Waals surface area contributed by atoms with Crippen LogP contribution in [0.15, 0.2) is 140 Å². The van der Waals surface area contributed by atoms with Crippen LogP contribution in [0.4, 0.5) is 17.1 Å². The number of aromatic amines is 2. The van der Waals surface area contributed by atoms with E-state index >= 15 is 0 Å². The van der Waals surface area contributed by atoms with Crippen LogP contribution in [0.5, 0.6) is 0 Å². The molecule has 0 bridgehead atoms. The molecule has 318 valence electrons. The SMILES string of the molecule is C[C@@H](/C=C/CC(=O)N1Cc2ccccc2C[C@H]1CO)[C@]1(O)C(=O)N(Cc2cccc(NC(=O)Cc3c[nH]c4ccccc34)c2)c2ccc(NC(=O)Cc3c[nH]c4ccccc34)cc21. The van der Waals surface area contributed by atoms with Crippen LogP contribution >= 0.6 is 0 Å². The monoisotopic (exact) mass is 840 g/mol. The van der Waals surface area contributed by atoms with Gasteiger partial charge in [0.15, 0.2) is 5.60 Å². The molecule has 6 N–H and O–H groups in total. The van der Waals surface area contributed by atoms with E-state index in [1.165, 1.54) is 4.90 Å². The molecule has 12 heteroatoms. The fourth-order valence-electron chi connectivity index (χ4n) is 9.10. The summed E-state index contributed by atoms with van der Waals surface area (Å²) in [4.78, 5) is 64.5. The lowest BCUT2D eigenvalue weighted by Gasteiger charge is -2.36. The standard InChI is InChI=1S/C51H48N6O6/c1-32(10-8-19-49(61)56-30-35-13-3-2-12-34(35)23-40(56)31-58)51(63)43-26-39(55-48(60)25-37-28-53-45-18-7-5-16-42(37)45)20-21-46(43)57(50(51)62)29-33-11-9-14-38(22-33)54-47(59)24-36-27-52-44-17-6-4-15-41(36)44/h2-18,20-22,26-28,32,40,52-53,58,63H,19,23-25,29-31H2,1H3,(H,54,59)(H,55,60)/b10-8+/t32-,40-,51+/m0/s1. The summed E-state index contributed by atoms with van der Waals surface area (Å²) in [5.74, 6) is -1.99. The van der Waals surface area contributed by atoms with Crippen LogP contribution in [0.25, 0.3) is 21.8 Å². The van der Waals surface area contributed by atoms with Gasteiger partial charge in [0, 0.05) is 70.0 Å². The predicted molar refractivity (Wildman–Crippen MR) is 244 cm³/mol. The number of aliphatic hydroxyl groups excluding tert-OH is 1. The Hall–Kier alpha value is -7.28. The summed E-state index contributed by atoms with van der Waals surface area (Å²) in [5.41, 5.74) is 6.18. The van der Waals surface area contributed by atoms with E-state index < -0.39 is 17.4 Å². The fourth-order valence-corrected chi connectivity index (χ4v) is 9.10. The minimum Gasteiger partial charge on any atom is -0.394 e. The highest BCUT2D eigenvalue weighted by Gasteiger charge is 2.52. The summed E-state index contributed by atoms with van der Waals surface area (Å²) in [7, 11) is 0. The van der Waals surface area contributed by atoms with Crippen molar-refractivity contribution in [1.82, 2.24) is 14.9 Å². The van der Waals surface area contributed by atoms with Gasteiger partial charge in [-0.1, -0.05) is 91.9 Å². The van der Waals surface area contributed by atoms with Crippen molar-refractivity contribution >= 4 is 62.5 Å². The van der Waals surface area contributed by atoms with E-state index in [1.807, 2.05) is 97.3 Å². The van der Waals surface area contributed by atoms with Gasteiger partial charge in [0.2, 0.25) is 17.7 Å². The van der Waals surface area contributed by atoms with Crippen LogP contribution in [0.1, 0.15) is 46.7 Å². The third kappa shape index (κ3) is 8.14. The van der Waals surface area contributed by atoms with Gasteiger partial charge in [0.25, 0.3) is 5.91 Å². The molecule has 0 unspecified atom stereocenters. The first kappa shape index (κ1) is 41.1. The summed E-state index contributed by atoms with van der Waals surface area (Å²) in [6.07, 6.45) is 7.86. The first-order chi connectivity index (χ1) is 30.6. The molecule has 63 heavy (non-hydrogen) atoms. The molecule has 12 nitrogen and oxygen atoms in total. The lowest BCUT2D eigenvalue weighted by Crippen LogP contribution is -2.46. The Bertz CT molecular complexity index is 2910. The first-order valence-electron chi connectivity index (χ1n) is 21.2. The number of fused-ring (bicyclic) bond motifs is 4. The second kappa shape index (κ2) is 17.2. The maximum Gasteiger partial charge on any atom is 0.264 e. The Balaban J connectivity index is 0.953. The number of nitrogens with zero attached hydrogens (tertiary/aromatic N) is 2. The molecule has 3 atom stereocenters. The third-order valence-electron chi connectivity index (χ3n) is 12.4. The zero-order valence-corrected chi connectivity index (χ0v) is 34.8. The second-order valence-corrected chi connectivity index (χ2v) is 16.5. The van der Waals surface area contributed by atoms with Gasteiger partial charge in [-0.15, -0.1) is 0 Å². The van der Waals surface area contributed by atoms with Crippen molar-refractivity contribution < 1.29 is 29.4 Å². The molecule has 2 aromatic heterocycles. The average molecular weight is 841 g/mol. The number of hydrogen-bond acceptors (Lipinski definition) is 6. The third-order valence-corrected chi connectivity index (χ3v) is 12.4. The van der Waals surface area contributed by atoms with Gasteiger partial charge in [0.1, 0.15) is 0 Å². The molecule has 4 amide bonds. The lowest BCUT2D eigenvalue weighted by molar-refractivity contribution is -0.139. The van der Waals surface area contributed by atoms with Gasteiger partial charge >= 0.3 is 0 Å². The first-order valence-corrected chi connectivity index (χ1v) is 21.2. The predicted octanol–water partition coefficient (Wildman–Crippen LogP) is 7.27. The highest BCUT2D eigenvalue weighted by molar-refractivity contribution is 6.08. The lowest BCUT2D eigenvalue weighted by atomic mass is 9.82. The molecule has 0 spiro atoms. The Morgan fingerprint density at radius 2 is 1.41 bits per heavy atom. The molecular weight excluding hydrogens is 793 g/mol. The molecule has 0 radical (unpaired) electrons. The number of rotatable bonds is 13. The van der Waals surface area contributed by atoms with E-state index in [4.69, 9.17) is 0 Å². The van der Waals surface area contributed by atoms with E-state index in [0.29, 0.717) is 35.6 Å². The quantitative estimate of drug-likeness (QED) is 0.0667. The number of benzene rings is 5. The maximum absolute atomic E-state index is 14.7. The molecule has 0 fully saturated rings. The van der Waals surface area contributed by atoms with Crippen LogP contribution in [0.2, 0.25) is 0 Å². The Morgan fingerprint density at radius 1 is 0.794 bits per heavy atom. The summed E-state index contributed by atoms with van der Waals surface area (Å²) in [5, 5.41) is 30.7. The van der Waals surface area contributed by atoms with Gasteiger partial charge < -0.3 is 40.6 Å². The number of carbonyl (C=O) groups is 4. The number of hydrogen-bond donors (Lipinski definition) is 6. The molecule has 7 aromatic rings. The Kier molecular flexibility index (Phi) is 11.2. The molecule has 5 aromatic carbocycles. The van der Waals surface area contributed by atoms with Crippen molar-refractivity contribution in [3.05, 3.63) is 173 Å². The van der Waals surface area contributed by atoms with Crippen molar-refractivity contribution in [3.8, 4) is 0 Å². The van der Waals surface area contributed by atoms with E-state index in [0.717, 1.165) is 49.6 Å². The molecule has 9 rings (SSSR count). The zero-order chi connectivity index (χ0) is 43.7. The second-order valence-electron chi connectivity index (χ2n) is 16.5. The number of para-hydroxylation sites is 2. The molecule has 2 aliphatic rings. The summed E-state index contributed by atoms with van der Waals surface area (Å²) >= 11 is 0. The van der Waals surface area contributed by atoms with E-state index in [-0.39, 0.29) is 56.2 Å². The van der Waals surface area contributed by atoms with Crippen LogP contribution in [-0.4, -0.2) is 61.4 Å². The number of aromatic nitrogens is 2. The van der Waals surface area contributed by atoms with Crippen molar-refractivity contribution in [2.45, 2.75) is 57.3 Å². The van der Waals surface area contributed by atoms with Crippen molar-refractivity contribution in [2.75, 3.05) is 22.1 Å². The van der Waals surface area contributed by atoms with Gasteiger partial charge in [-0.3, -0.25) is 19.2 Å². The molecular formula is C51H48N6O6. The highest BCUT2D eigenvalue weighted by Crippen LogP contribution is 2.47. The molecule has 0 saturated carbocycles. The van der Waals surface area contributed by atoms with E-state index in [9.17, 15) is 29.4 Å². The largest absolute Gasteiger partial charge is 0.394 e. The van der Waals surface area contributed by atoms with Crippen LogP contribution in [-0.2, 0) is 57.1 Å². The maximum atomic E-state index is 14.7. The Morgan fingerprint density at radius 3 is 2.08 bits per heavy atom. The van der Waals surface area contributed by atoms with E-state index in [2.05, 4.69) is 20.6 Å². The molecule has 0 saturated heterocycles. The number of amides is 4. The highest BCUT2D eigenvalue weighted by atomic mass is 16.3. The normalized spacial score (nSPS) is 17.6. The summed E-state index contributed by atoms with van der Waals surface area (Å²) in [6.45, 7) is 2.03. The number of nitrogens with one attached hydrogen (secondary N) is 4. The number of aliphatic hydroxyl groups is 2.